The average molecular weight is 487 g/mol. The van der Waals surface area contributed by atoms with Gasteiger partial charge in [-0.3, -0.25) is 4.58 Å². The van der Waals surface area contributed by atoms with Gasteiger partial charge in [0, 0.05) is 6.04 Å². The Kier molecular flexibility index (Phi) is 7.70. The molecule has 1 aliphatic heterocycles. The molecule has 0 N–H and O–H groups in total. The van der Waals surface area contributed by atoms with Crippen molar-refractivity contribution >= 4 is 18.7 Å². The maximum atomic E-state index is 6.79. The summed E-state index contributed by atoms with van der Waals surface area (Å²) in [4.78, 5) is 6.35. The third-order valence-electron chi connectivity index (χ3n) is 7.73. The molecule has 1 saturated heterocycles. The quantitative estimate of drug-likeness (QED) is 0.264. The van der Waals surface area contributed by atoms with Gasteiger partial charge in [0.05, 0.1) is 0 Å². The predicted octanol–water partition coefficient (Wildman–Crippen LogP) is 7.00. The summed E-state index contributed by atoms with van der Waals surface area (Å²) in [5.74, 6) is 0. The van der Waals surface area contributed by atoms with E-state index in [4.69, 9.17) is 9.46 Å². The minimum Gasteiger partial charge on any atom is -0.274 e. The molecule has 3 heteroatoms. The zero-order valence-electron chi connectivity index (χ0n) is 22.7. The Morgan fingerprint density at radius 3 is 1.49 bits per heavy atom. The van der Waals surface area contributed by atoms with E-state index in [0.29, 0.717) is 0 Å². The first kappa shape index (κ1) is 25.9. The lowest BCUT2D eigenvalue weighted by atomic mass is 9.86. The van der Waals surface area contributed by atoms with Gasteiger partial charge in [0.25, 0.3) is 0 Å². The van der Waals surface area contributed by atoms with E-state index < -0.39 is 8.32 Å². The molecule has 0 radical (unpaired) electrons. The first-order valence-electron chi connectivity index (χ1n) is 13.5. The van der Waals surface area contributed by atoms with Gasteiger partial charge >= 0.3 is 8.32 Å². The molecule has 4 rings (SSSR count). The zero-order valence-corrected chi connectivity index (χ0v) is 23.7. The number of hydrogen-bond acceptors (Lipinski definition) is 2. The van der Waals surface area contributed by atoms with Crippen LogP contribution < -0.4 is 10.4 Å². The van der Waals surface area contributed by atoms with Crippen molar-refractivity contribution in [3.8, 4) is 0 Å². The highest BCUT2D eigenvalue weighted by atomic mass is 28.4. The van der Waals surface area contributed by atoms with Crippen molar-refractivity contribution in [3.63, 3.8) is 0 Å². The number of aryl methyl sites for hydroxylation is 4. The molecule has 0 saturated carbocycles. The highest BCUT2D eigenvalue weighted by Gasteiger charge is 2.53. The second-order valence-corrected chi connectivity index (χ2v) is 14.1. The van der Waals surface area contributed by atoms with Crippen molar-refractivity contribution in [1.29, 1.82) is 0 Å². The fourth-order valence-corrected chi connectivity index (χ4v) is 10.9. The molecule has 1 aliphatic rings. The first-order chi connectivity index (χ1) is 16.8. The van der Waals surface area contributed by atoms with Gasteiger partial charge in [0.2, 0.25) is 0 Å². The van der Waals surface area contributed by atoms with Crippen LogP contribution in [0.25, 0.3) is 0 Å². The van der Waals surface area contributed by atoms with Crippen LogP contribution in [0.5, 0.6) is 0 Å². The fraction of sp³-hybridized carbons (Fsp3) is 0.438. The molecule has 0 aliphatic carbocycles. The number of rotatable bonds is 7. The molecule has 0 amide bonds. The Morgan fingerprint density at radius 1 is 0.686 bits per heavy atom. The molecule has 1 fully saturated rings. The largest absolute Gasteiger partial charge is 0.304 e. The lowest BCUT2D eigenvalue weighted by molar-refractivity contribution is -0.225. The Labute approximate surface area is 213 Å². The number of benzene rings is 3. The molecule has 3 aromatic carbocycles. The number of hydrogen-bond donors (Lipinski definition) is 0. The Balaban J connectivity index is 1.91. The Bertz CT molecular complexity index is 1060. The minimum atomic E-state index is -2.66. The van der Waals surface area contributed by atoms with Crippen molar-refractivity contribution in [1.82, 2.24) is 0 Å². The maximum Gasteiger partial charge on any atom is 0.304 e. The van der Waals surface area contributed by atoms with Crippen LogP contribution in [-0.2, 0) is 40.6 Å². The molecule has 186 valence electrons. The van der Waals surface area contributed by atoms with E-state index in [-0.39, 0.29) is 11.5 Å². The van der Waals surface area contributed by atoms with Crippen molar-refractivity contribution < 1.29 is 9.46 Å². The minimum absolute atomic E-state index is 0.0556. The molecule has 3 aromatic rings. The summed E-state index contributed by atoms with van der Waals surface area (Å²) in [5.41, 5.74) is 8.35. The zero-order chi connectivity index (χ0) is 25.2. The maximum absolute atomic E-state index is 6.79. The molecule has 2 nitrogen and oxygen atoms in total. The van der Waals surface area contributed by atoms with Crippen molar-refractivity contribution in [3.05, 3.63) is 94.0 Å². The topological polar surface area (TPSA) is 18.5 Å². The lowest BCUT2D eigenvalue weighted by Crippen LogP contribution is -2.62. The van der Waals surface area contributed by atoms with E-state index in [9.17, 15) is 0 Å². The Hall–Kier alpha value is -2.20. The van der Waals surface area contributed by atoms with Gasteiger partial charge in [-0.15, -0.1) is 0 Å². The summed E-state index contributed by atoms with van der Waals surface area (Å²) in [5, 5.41) is 2.91. The van der Waals surface area contributed by atoms with Gasteiger partial charge in [-0.25, -0.2) is 4.89 Å². The second-order valence-electron chi connectivity index (χ2n) is 10.9. The summed E-state index contributed by atoms with van der Waals surface area (Å²) in [7, 11) is -2.66. The van der Waals surface area contributed by atoms with E-state index in [1.807, 2.05) is 0 Å². The molecule has 1 heterocycles. The van der Waals surface area contributed by atoms with Crippen molar-refractivity contribution in [2.75, 3.05) is 0 Å². The molecule has 0 spiro atoms. The van der Waals surface area contributed by atoms with Crippen LogP contribution in [0.15, 0.2) is 60.7 Å². The van der Waals surface area contributed by atoms with E-state index >= 15 is 0 Å². The van der Waals surface area contributed by atoms with Gasteiger partial charge in [0.15, 0.2) is 0 Å². The lowest BCUT2D eigenvalue weighted by Gasteiger charge is -2.32. The average Bonchev–Trinajstić information content (AvgIpc) is 3.33. The highest BCUT2D eigenvalue weighted by molar-refractivity contribution is 6.98. The first-order valence-corrected chi connectivity index (χ1v) is 15.6. The van der Waals surface area contributed by atoms with Gasteiger partial charge in [0.1, 0.15) is 6.10 Å². The summed E-state index contributed by atoms with van der Waals surface area (Å²) < 4.78 is 6.79. The molecule has 1 atom stereocenters. The Morgan fingerprint density at radius 2 is 1.11 bits per heavy atom. The van der Waals surface area contributed by atoms with Gasteiger partial charge < -0.3 is 0 Å². The normalized spacial score (nSPS) is 17.6. The molecule has 0 aromatic heterocycles. The SMILES string of the molecule is CCc1cccc(CC)c1[Si]1(c2c(CC)cccc2CC)CC(c2ccc(C(C)(C)C)cc2)OO1. The summed E-state index contributed by atoms with van der Waals surface area (Å²) in [6.07, 6.45) is 3.95. The van der Waals surface area contributed by atoms with Crippen LogP contribution >= 0.6 is 0 Å². The third-order valence-corrected chi connectivity index (χ3v) is 12.0. The smallest absolute Gasteiger partial charge is 0.274 e. The van der Waals surface area contributed by atoms with Gasteiger partial charge in [-0.05, 0) is 74.9 Å². The van der Waals surface area contributed by atoms with Crippen LogP contribution in [0, 0.1) is 0 Å². The molecule has 0 bridgehead atoms. The van der Waals surface area contributed by atoms with Crippen LogP contribution in [0.2, 0.25) is 6.04 Å². The van der Waals surface area contributed by atoms with Crippen LogP contribution in [0.4, 0.5) is 0 Å². The fourth-order valence-electron chi connectivity index (χ4n) is 5.78. The van der Waals surface area contributed by atoms with Crippen LogP contribution in [0.1, 0.15) is 88.0 Å². The van der Waals surface area contributed by atoms with E-state index in [2.05, 4.69) is 109 Å². The van der Waals surface area contributed by atoms with Crippen molar-refractivity contribution in [2.45, 2.75) is 91.7 Å². The molecular formula is C32H42O2Si. The summed E-state index contributed by atoms with van der Waals surface area (Å²) >= 11 is 0. The summed E-state index contributed by atoms with van der Waals surface area (Å²) in [6, 6.07) is 23.6. The molecule has 1 unspecified atom stereocenters. The van der Waals surface area contributed by atoms with Crippen LogP contribution in [0.3, 0.4) is 0 Å². The third kappa shape index (κ3) is 4.79. The van der Waals surface area contributed by atoms with E-state index in [0.717, 1.165) is 31.7 Å². The van der Waals surface area contributed by atoms with Gasteiger partial charge in [-0.1, -0.05) is 109 Å². The predicted molar refractivity (Wildman–Crippen MR) is 150 cm³/mol. The van der Waals surface area contributed by atoms with E-state index in [1.165, 1.54) is 43.8 Å². The highest BCUT2D eigenvalue weighted by Crippen LogP contribution is 2.39. The van der Waals surface area contributed by atoms with E-state index in [1.54, 1.807) is 0 Å². The molecule has 35 heavy (non-hydrogen) atoms. The van der Waals surface area contributed by atoms with Gasteiger partial charge in [-0.2, -0.15) is 0 Å². The molecular weight excluding hydrogens is 444 g/mol. The standard InChI is InChI=1S/C32H42O2Si/c1-8-23-14-12-15-24(9-2)30(23)35(31-25(10-3)16-13-17-26(31)11-4)22-29(33-34-35)27-18-20-28(21-19-27)32(5,6)7/h12-21,29H,8-11,22H2,1-7H3. The monoisotopic (exact) mass is 486 g/mol. The summed E-state index contributed by atoms with van der Waals surface area (Å²) in [6.45, 7) is 15.9. The second kappa shape index (κ2) is 10.4. The van der Waals surface area contributed by atoms with Crippen molar-refractivity contribution in [2.24, 2.45) is 0 Å². The van der Waals surface area contributed by atoms with Crippen LogP contribution in [-0.4, -0.2) is 8.32 Å².